The first-order chi connectivity index (χ1) is 17.2. The van der Waals surface area contributed by atoms with Crippen molar-refractivity contribution in [2.45, 2.75) is 39.1 Å². The van der Waals surface area contributed by atoms with Gasteiger partial charge in [0.1, 0.15) is 0 Å². The Balaban J connectivity index is 2.28. The van der Waals surface area contributed by atoms with Gasteiger partial charge in [0, 0.05) is 20.3 Å². The third kappa shape index (κ3) is 5.71. The van der Waals surface area contributed by atoms with Crippen molar-refractivity contribution >= 4 is 26.4 Å². The predicted octanol–water partition coefficient (Wildman–Crippen LogP) is 6.87. The van der Waals surface area contributed by atoms with Crippen molar-refractivity contribution in [2.75, 3.05) is 0 Å². The molecule has 198 valence electrons. The number of esters is 1. The van der Waals surface area contributed by atoms with E-state index in [0.717, 1.165) is 6.92 Å². The fourth-order valence-corrected chi connectivity index (χ4v) is 8.47. The molecule has 3 aromatic carbocycles. The standard InChI is InChI=1S/C25H21F5O5S2/c1-18(2)22(31)34-23(24(26,27)28)25(29,30)37(32,33)35-36(19-12-6-3-7-13-19,20-14-8-4-9-15-20)21-16-10-5-11-17-21/h3-17,23H,1H2,2H3. The minimum absolute atomic E-state index is 0.120. The summed E-state index contributed by atoms with van der Waals surface area (Å²) in [6.45, 7) is 3.97. The van der Waals surface area contributed by atoms with Crippen molar-refractivity contribution in [1.82, 2.24) is 0 Å². The summed E-state index contributed by atoms with van der Waals surface area (Å²) >= 11 is 0. The number of benzene rings is 3. The van der Waals surface area contributed by atoms with E-state index in [4.69, 9.17) is 3.63 Å². The maximum atomic E-state index is 15.3. The number of ether oxygens (including phenoxy) is 1. The molecule has 0 aliphatic carbocycles. The molecule has 0 aliphatic rings. The van der Waals surface area contributed by atoms with Crippen LogP contribution in [0.25, 0.3) is 0 Å². The van der Waals surface area contributed by atoms with Crippen LogP contribution in [0.1, 0.15) is 6.92 Å². The van der Waals surface area contributed by atoms with Gasteiger partial charge in [-0.25, -0.2) is 8.42 Å². The SMILES string of the molecule is C=C(C)C(=O)OC(C(F)(F)F)C(F)(F)S(=O)(=O)OS(c1ccccc1)(c1ccccc1)c1ccccc1. The molecule has 0 N–H and O–H groups in total. The first-order valence-corrected chi connectivity index (χ1v) is 13.5. The van der Waals surface area contributed by atoms with E-state index < -0.39 is 49.5 Å². The maximum Gasteiger partial charge on any atom is 0.432 e. The Morgan fingerprint density at radius 2 is 1.11 bits per heavy atom. The fraction of sp³-hybridized carbons (Fsp3) is 0.160. The molecular formula is C25H21F5O5S2. The number of carbonyl (C=O) groups is 1. The second-order valence-electron chi connectivity index (χ2n) is 7.69. The summed E-state index contributed by atoms with van der Waals surface area (Å²) in [5.74, 6) is -1.84. The number of alkyl halides is 5. The molecule has 1 unspecified atom stereocenters. The number of carbonyl (C=O) groups excluding carboxylic acids is 1. The predicted molar refractivity (Wildman–Crippen MR) is 127 cm³/mol. The number of rotatable bonds is 9. The Kier molecular flexibility index (Phi) is 8.15. The Morgan fingerprint density at radius 3 is 1.41 bits per heavy atom. The van der Waals surface area contributed by atoms with Crippen LogP contribution in [0.3, 0.4) is 0 Å². The molecule has 12 heteroatoms. The molecular weight excluding hydrogens is 539 g/mol. The van der Waals surface area contributed by atoms with Gasteiger partial charge in [-0.3, -0.25) is 0 Å². The van der Waals surface area contributed by atoms with Gasteiger partial charge >= 0.3 is 27.5 Å². The lowest BCUT2D eigenvalue weighted by Gasteiger charge is -2.40. The van der Waals surface area contributed by atoms with E-state index in [-0.39, 0.29) is 14.7 Å². The largest absolute Gasteiger partial charge is 0.441 e. The van der Waals surface area contributed by atoms with Crippen molar-refractivity contribution in [1.29, 1.82) is 0 Å². The highest BCUT2D eigenvalue weighted by atomic mass is 32.3. The molecule has 0 saturated carbocycles. The molecule has 0 bridgehead atoms. The first kappa shape index (κ1) is 28.4. The van der Waals surface area contributed by atoms with Crippen LogP contribution in [-0.2, 0) is 23.3 Å². The zero-order chi connectivity index (χ0) is 27.5. The number of halogens is 5. The van der Waals surface area contributed by atoms with Gasteiger partial charge < -0.3 is 4.74 Å². The summed E-state index contributed by atoms with van der Waals surface area (Å²) in [5, 5.41) is -5.73. The first-order valence-electron chi connectivity index (χ1n) is 10.5. The molecule has 0 aromatic heterocycles. The van der Waals surface area contributed by atoms with Crippen LogP contribution in [0.5, 0.6) is 0 Å². The van der Waals surface area contributed by atoms with Gasteiger partial charge in [-0.15, -0.1) is 0 Å². The van der Waals surface area contributed by atoms with Gasteiger partial charge in [0.2, 0.25) is 0 Å². The zero-order valence-corrected chi connectivity index (χ0v) is 20.8. The van der Waals surface area contributed by atoms with Gasteiger partial charge in [0.25, 0.3) is 6.10 Å². The highest BCUT2D eigenvalue weighted by Gasteiger charge is 2.68. The molecule has 0 amide bonds. The van der Waals surface area contributed by atoms with Crippen molar-refractivity contribution in [3.63, 3.8) is 0 Å². The molecule has 0 saturated heterocycles. The van der Waals surface area contributed by atoms with E-state index in [0.29, 0.717) is 0 Å². The third-order valence-electron chi connectivity index (χ3n) is 4.93. The highest BCUT2D eigenvalue weighted by Crippen LogP contribution is 2.70. The van der Waals surface area contributed by atoms with Crippen LogP contribution in [0.15, 0.2) is 118 Å². The van der Waals surface area contributed by atoms with Crippen molar-refractivity contribution < 1.29 is 43.5 Å². The summed E-state index contributed by atoms with van der Waals surface area (Å²) in [6, 6.07) is 22.3. The van der Waals surface area contributed by atoms with Gasteiger partial charge in [0.05, 0.1) is 0 Å². The lowest BCUT2D eigenvalue weighted by Crippen LogP contribution is -2.53. The fourth-order valence-electron chi connectivity index (χ4n) is 3.21. The molecule has 0 fully saturated rings. The Hall–Kier alpha value is -3.22. The second kappa shape index (κ2) is 10.6. The topological polar surface area (TPSA) is 69.7 Å². The Bertz CT molecular complexity index is 1250. The van der Waals surface area contributed by atoms with Crippen molar-refractivity contribution in [2.24, 2.45) is 0 Å². The third-order valence-corrected chi connectivity index (χ3v) is 10.1. The molecule has 1 atom stereocenters. The molecule has 5 nitrogen and oxygen atoms in total. The zero-order valence-electron chi connectivity index (χ0n) is 19.2. The summed E-state index contributed by atoms with van der Waals surface area (Å²) in [6.07, 6.45) is -10.3. The molecule has 0 radical (unpaired) electrons. The highest BCUT2D eigenvalue weighted by molar-refractivity contribution is 8.33. The smallest absolute Gasteiger partial charge is 0.432 e. The van der Waals surface area contributed by atoms with E-state index in [1.807, 2.05) is 0 Å². The molecule has 3 rings (SSSR count). The van der Waals surface area contributed by atoms with E-state index >= 15 is 8.78 Å². The minimum atomic E-state index is -6.44. The van der Waals surface area contributed by atoms with Crippen LogP contribution in [0, 0.1) is 0 Å². The normalized spacial score (nSPS) is 14.0. The van der Waals surface area contributed by atoms with Crippen LogP contribution in [0.4, 0.5) is 22.0 Å². The molecule has 0 aliphatic heterocycles. The van der Waals surface area contributed by atoms with Crippen molar-refractivity contribution in [3.05, 3.63) is 103 Å². The lowest BCUT2D eigenvalue weighted by atomic mass is 10.3. The van der Waals surface area contributed by atoms with Crippen molar-refractivity contribution in [3.8, 4) is 0 Å². The van der Waals surface area contributed by atoms with Gasteiger partial charge in [0.15, 0.2) is 0 Å². The molecule has 37 heavy (non-hydrogen) atoms. The van der Waals surface area contributed by atoms with Gasteiger partial charge in [-0.1, -0.05) is 61.2 Å². The van der Waals surface area contributed by atoms with Crippen LogP contribution in [-0.4, -0.2) is 31.9 Å². The second-order valence-corrected chi connectivity index (χ2v) is 12.2. The molecule has 0 heterocycles. The quantitative estimate of drug-likeness (QED) is 0.162. The number of hydrogen-bond acceptors (Lipinski definition) is 5. The van der Waals surface area contributed by atoms with Crippen LogP contribution in [0.2, 0.25) is 0 Å². The van der Waals surface area contributed by atoms with E-state index in [1.165, 1.54) is 72.8 Å². The summed E-state index contributed by atoms with van der Waals surface area (Å²) in [7, 11) is -10.0. The van der Waals surface area contributed by atoms with Crippen LogP contribution < -0.4 is 0 Å². The summed E-state index contributed by atoms with van der Waals surface area (Å²) in [5.41, 5.74) is -0.638. The monoisotopic (exact) mass is 560 g/mol. The average Bonchev–Trinajstić information content (AvgIpc) is 2.86. The lowest BCUT2D eigenvalue weighted by molar-refractivity contribution is -0.257. The number of hydrogen-bond donors (Lipinski definition) is 0. The van der Waals surface area contributed by atoms with Crippen LogP contribution >= 0.6 is 10.3 Å². The summed E-state index contributed by atoms with van der Waals surface area (Å²) in [4.78, 5) is 12.1. The van der Waals surface area contributed by atoms with Gasteiger partial charge in [-0.05, 0) is 53.6 Å². The van der Waals surface area contributed by atoms with E-state index in [2.05, 4.69) is 11.3 Å². The molecule has 3 aromatic rings. The summed E-state index contributed by atoms with van der Waals surface area (Å²) < 4.78 is 107. The van der Waals surface area contributed by atoms with E-state index in [1.54, 1.807) is 18.2 Å². The maximum absolute atomic E-state index is 15.3. The minimum Gasteiger partial charge on any atom is -0.441 e. The molecule has 0 spiro atoms. The van der Waals surface area contributed by atoms with E-state index in [9.17, 15) is 26.4 Å². The Labute approximate surface area is 212 Å². The van der Waals surface area contributed by atoms with Gasteiger partial charge in [-0.2, -0.15) is 30.4 Å². The average molecular weight is 561 g/mol. The Morgan fingerprint density at radius 1 is 0.757 bits per heavy atom.